The van der Waals surface area contributed by atoms with E-state index in [0.717, 1.165) is 44.6 Å². The van der Waals surface area contributed by atoms with Crippen LogP contribution in [0.25, 0.3) is 0 Å². The molecule has 2 aromatic rings. The molecule has 0 unspecified atom stereocenters. The van der Waals surface area contributed by atoms with Crippen molar-refractivity contribution >= 4 is 0 Å². The van der Waals surface area contributed by atoms with E-state index in [1.807, 2.05) is 31.3 Å². The van der Waals surface area contributed by atoms with Crippen LogP contribution in [0.4, 0.5) is 0 Å². The molecule has 2 aromatic carbocycles. The molecule has 1 saturated heterocycles. The van der Waals surface area contributed by atoms with Crippen molar-refractivity contribution in [1.82, 2.24) is 5.32 Å². The second-order valence-corrected chi connectivity index (χ2v) is 7.24. The van der Waals surface area contributed by atoms with Crippen molar-refractivity contribution in [3.8, 4) is 5.75 Å². The Morgan fingerprint density at radius 2 is 1.65 bits per heavy atom. The first kappa shape index (κ1) is 17.5. The molecule has 2 aliphatic rings. The number of benzene rings is 2. The summed E-state index contributed by atoms with van der Waals surface area (Å²) >= 11 is 0. The topological polar surface area (TPSA) is 39.7 Å². The van der Waals surface area contributed by atoms with Gasteiger partial charge in [0, 0.05) is 18.4 Å². The van der Waals surface area contributed by atoms with E-state index in [2.05, 4.69) is 35.6 Å². The molecule has 0 aromatic heterocycles. The van der Waals surface area contributed by atoms with E-state index < -0.39 is 0 Å². The lowest BCUT2D eigenvalue weighted by Gasteiger charge is -2.44. The summed E-state index contributed by atoms with van der Waals surface area (Å²) in [4.78, 5) is 0. The Hall–Kier alpha value is -1.88. The van der Waals surface area contributed by atoms with Gasteiger partial charge < -0.3 is 19.5 Å². The lowest BCUT2D eigenvalue weighted by Crippen LogP contribution is -2.48. The first-order valence-corrected chi connectivity index (χ1v) is 9.48. The zero-order valence-corrected chi connectivity index (χ0v) is 15.4. The first-order valence-electron chi connectivity index (χ1n) is 9.48. The molecule has 1 N–H and O–H groups in total. The van der Waals surface area contributed by atoms with Crippen molar-refractivity contribution in [2.45, 2.75) is 43.6 Å². The van der Waals surface area contributed by atoms with Crippen LogP contribution in [0.3, 0.4) is 0 Å². The van der Waals surface area contributed by atoms with Crippen molar-refractivity contribution in [2.75, 3.05) is 20.3 Å². The minimum absolute atomic E-state index is 0.0489. The summed E-state index contributed by atoms with van der Waals surface area (Å²) in [5.41, 5.74) is 2.40. The molecule has 0 radical (unpaired) electrons. The molecule has 0 bridgehead atoms. The number of nitrogens with one attached hydrogen (secondary N) is 1. The molecule has 2 fully saturated rings. The van der Waals surface area contributed by atoms with E-state index in [4.69, 9.17) is 14.2 Å². The smallest absolute Gasteiger partial charge is 0.168 e. The summed E-state index contributed by atoms with van der Waals surface area (Å²) in [6.07, 6.45) is 3.82. The molecular weight excluding hydrogens is 326 g/mol. The summed E-state index contributed by atoms with van der Waals surface area (Å²) in [6, 6.07) is 18.8. The summed E-state index contributed by atoms with van der Waals surface area (Å²) in [5.74, 6) is 0.566. The minimum atomic E-state index is -0.345. The van der Waals surface area contributed by atoms with Crippen LogP contribution in [-0.4, -0.2) is 26.0 Å². The largest absolute Gasteiger partial charge is 0.489 e. The predicted octanol–water partition coefficient (Wildman–Crippen LogP) is 4.00. The van der Waals surface area contributed by atoms with Gasteiger partial charge in [-0.1, -0.05) is 42.5 Å². The van der Waals surface area contributed by atoms with Gasteiger partial charge in [0.05, 0.1) is 13.2 Å². The second kappa shape index (κ2) is 7.39. The fourth-order valence-electron chi connectivity index (χ4n) is 4.15. The molecule has 138 valence electrons. The molecule has 1 spiro atoms. The first-order chi connectivity index (χ1) is 12.7. The van der Waals surface area contributed by atoms with Crippen molar-refractivity contribution in [3.05, 3.63) is 65.7 Å². The second-order valence-electron chi connectivity index (χ2n) is 7.24. The van der Waals surface area contributed by atoms with E-state index in [0.29, 0.717) is 6.61 Å². The Morgan fingerprint density at radius 1 is 0.923 bits per heavy atom. The van der Waals surface area contributed by atoms with E-state index in [-0.39, 0.29) is 11.3 Å². The van der Waals surface area contributed by atoms with Gasteiger partial charge in [-0.2, -0.15) is 0 Å². The Bertz CT molecular complexity index is 715. The van der Waals surface area contributed by atoms with Crippen LogP contribution in [0.5, 0.6) is 5.75 Å². The van der Waals surface area contributed by atoms with Gasteiger partial charge >= 0.3 is 0 Å². The minimum Gasteiger partial charge on any atom is -0.489 e. The fourth-order valence-corrected chi connectivity index (χ4v) is 4.15. The number of hydrogen-bond acceptors (Lipinski definition) is 4. The zero-order chi connectivity index (χ0) is 17.9. The van der Waals surface area contributed by atoms with Gasteiger partial charge in [0.25, 0.3) is 0 Å². The average molecular weight is 353 g/mol. The molecule has 1 heterocycles. The number of hydrogen-bond donors (Lipinski definition) is 1. The van der Waals surface area contributed by atoms with Crippen LogP contribution in [0.15, 0.2) is 54.6 Å². The molecule has 4 heteroatoms. The van der Waals surface area contributed by atoms with Gasteiger partial charge in [0.15, 0.2) is 5.79 Å². The normalized spacial score (nSPS) is 21.0. The molecule has 1 saturated carbocycles. The van der Waals surface area contributed by atoms with E-state index in [9.17, 15) is 0 Å². The Labute approximate surface area is 155 Å². The summed E-state index contributed by atoms with van der Waals surface area (Å²) < 4.78 is 17.8. The number of rotatable bonds is 5. The maximum absolute atomic E-state index is 6.03. The third kappa shape index (κ3) is 3.50. The van der Waals surface area contributed by atoms with Crippen molar-refractivity contribution in [1.29, 1.82) is 0 Å². The van der Waals surface area contributed by atoms with Gasteiger partial charge in [-0.15, -0.1) is 0 Å². The molecule has 26 heavy (non-hydrogen) atoms. The van der Waals surface area contributed by atoms with Crippen LogP contribution in [0.1, 0.15) is 36.8 Å². The van der Waals surface area contributed by atoms with Gasteiger partial charge in [-0.3, -0.25) is 0 Å². The molecule has 4 rings (SSSR count). The summed E-state index contributed by atoms with van der Waals surface area (Å²) in [6.45, 7) is 2.02. The Balaban J connectivity index is 1.47. The third-order valence-electron chi connectivity index (χ3n) is 5.79. The predicted molar refractivity (Wildman–Crippen MR) is 101 cm³/mol. The summed E-state index contributed by atoms with van der Waals surface area (Å²) in [7, 11) is 2.05. The van der Waals surface area contributed by atoms with E-state index in [1.54, 1.807) is 0 Å². The van der Waals surface area contributed by atoms with Crippen LogP contribution in [0.2, 0.25) is 0 Å². The van der Waals surface area contributed by atoms with Crippen LogP contribution in [-0.2, 0) is 21.6 Å². The van der Waals surface area contributed by atoms with Gasteiger partial charge in [0.2, 0.25) is 0 Å². The third-order valence-corrected chi connectivity index (χ3v) is 5.79. The van der Waals surface area contributed by atoms with Crippen molar-refractivity contribution in [3.63, 3.8) is 0 Å². The van der Waals surface area contributed by atoms with Crippen LogP contribution in [0, 0.1) is 0 Å². The highest BCUT2D eigenvalue weighted by molar-refractivity contribution is 5.34. The standard InChI is InChI=1S/C22H27NO3/c1-23-21(10-12-22(13-11-21)25-14-15-26-22)19-8-5-9-20(16-19)24-17-18-6-3-2-4-7-18/h2-9,16,23H,10-15,17H2,1H3. The Kier molecular flexibility index (Phi) is 4.98. The SMILES string of the molecule is CNC1(c2cccc(OCc3ccccc3)c2)CCC2(CC1)OCCO2. The highest BCUT2D eigenvalue weighted by Gasteiger charge is 2.46. The summed E-state index contributed by atoms with van der Waals surface area (Å²) in [5, 5.41) is 3.57. The fraction of sp³-hybridized carbons (Fsp3) is 0.455. The molecule has 4 nitrogen and oxygen atoms in total. The van der Waals surface area contributed by atoms with Crippen LogP contribution >= 0.6 is 0 Å². The molecule has 0 amide bonds. The van der Waals surface area contributed by atoms with E-state index in [1.165, 1.54) is 11.1 Å². The van der Waals surface area contributed by atoms with Gasteiger partial charge in [0.1, 0.15) is 12.4 Å². The highest BCUT2D eigenvalue weighted by Crippen LogP contribution is 2.45. The van der Waals surface area contributed by atoms with Crippen molar-refractivity contribution in [2.24, 2.45) is 0 Å². The van der Waals surface area contributed by atoms with Gasteiger partial charge in [-0.25, -0.2) is 0 Å². The monoisotopic (exact) mass is 353 g/mol. The van der Waals surface area contributed by atoms with Crippen LogP contribution < -0.4 is 10.1 Å². The quantitative estimate of drug-likeness (QED) is 0.882. The van der Waals surface area contributed by atoms with E-state index >= 15 is 0 Å². The highest BCUT2D eigenvalue weighted by atomic mass is 16.7. The molecule has 1 aliphatic carbocycles. The average Bonchev–Trinajstić information content (AvgIpc) is 3.17. The van der Waals surface area contributed by atoms with Gasteiger partial charge in [-0.05, 0) is 43.1 Å². The number of ether oxygens (including phenoxy) is 3. The Morgan fingerprint density at radius 3 is 2.35 bits per heavy atom. The lowest BCUT2D eigenvalue weighted by molar-refractivity contribution is -0.186. The maximum atomic E-state index is 6.03. The lowest BCUT2D eigenvalue weighted by atomic mass is 9.74. The molecule has 1 aliphatic heterocycles. The van der Waals surface area contributed by atoms with Crippen molar-refractivity contribution < 1.29 is 14.2 Å². The molecule has 0 atom stereocenters. The maximum Gasteiger partial charge on any atom is 0.168 e. The zero-order valence-electron chi connectivity index (χ0n) is 15.4. The molecular formula is C22H27NO3.